The Kier molecular flexibility index (Phi) is 5.04. The van der Waals surface area contributed by atoms with Gasteiger partial charge < -0.3 is 11.5 Å². The summed E-state index contributed by atoms with van der Waals surface area (Å²) >= 11 is 1.37. The molecule has 0 radical (unpaired) electrons. The molecule has 4 N–H and O–H groups in total. The predicted molar refractivity (Wildman–Crippen MR) is 106 cm³/mol. The SMILES string of the molecule is Cc1cc(N)nc(C)c1Cc1cccc(Cc2nc(C)c(C(N)=O)s2)c1. The van der Waals surface area contributed by atoms with E-state index in [1.807, 2.05) is 19.9 Å². The Morgan fingerprint density at radius 2 is 1.73 bits per heavy atom. The van der Waals surface area contributed by atoms with E-state index in [2.05, 4.69) is 41.2 Å². The second-order valence-corrected chi connectivity index (χ2v) is 7.57. The van der Waals surface area contributed by atoms with Crippen LogP contribution in [0.4, 0.5) is 5.82 Å². The van der Waals surface area contributed by atoms with E-state index < -0.39 is 5.91 Å². The first-order valence-corrected chi connectivity index (χ1v) is 9.21. The molecule has 134 valence electrons. The zero-order valence-electron chi connectivity index (χ0n) is 15.2. The molecule has 0 saturated heterocycles. The third kappa shape index (κ3) is 3.91. The minimum Gasteiger partial charge on any atom is -0.384 e. The van der Waals surface area contributed by atoms with Crippen molar-refractivity contribution >= 4 is 23.1 Å². The van der Waals surface area contributed by atoms with Crippen LogP contribution >= 0.6 is 11.3 Å². The Hall–Kier alpha value is -2.73. The van der Waals surface area contributed by atoms with Crippen molar-refractivity contribution in [3.05, 3.63) is 73.9 Å². The summed E-state index contributed by atoms with van der Waals surface area (Å²) in [4.78, 5) is 20.8. The summed E-state index contributed by atoms with van der Waals surface area (Å²) in [5.74, 6) is 0.142. The maximum absolute atomic E-state index is 11.4. The van der Waals surface area contributed by atoms with Gasteiger partial charge >= 0.3 is 0 Å². The zero-order valence-corrected chi connectivity index (χ0v) is 16.0. The fourth-order valence-electron chi connectivity index (χ4n) is 3.14. The lowest BCUT2D eigenvalue weighted by Crippen LogP contribution is -2.09. The van der Waals surface area contributed by atoms with Gasteiger partial charge in [0.05, 0.1) is 10.7 Å². The lowest BCUT2D eigenvalue weighted by Gasteiger charge is -2.11. The zero-order chi connectivity index (χ0) is 18.8. The summed E-state index contributed by atoms with van der Waals surface area (Å²) < 4.78 is 0. The Labute approximate surface area is 157 Å². The number of primary amides is 1. The quantitative estimate of drug-likeness (QED) is 0.724. The summed E-state index contributed by atoms with van der Waals surface area (Å²) in [7, 11) is 0. The largest absolute Gasteiger partial charge is 0.384 e. The molecule has 3 aromatic rings. The number of nitrogen functional groups attached to an aromatic ring is 1. The summed E-state index contributed by atoms with van der Waals surface area (Å²) in [6, 6.07) is 10.3. The van der Waals surface area contributed by atoms with Gasteiger partial charge in [0.2, 0.25) is 0 Å². The molecule has 3 rings (SSSR count). The van der Waals surface area contributed by atoms with Gasteiger partial charge in [0, 0.05) is 12.1 Å². The number of rotatable bonds is 5. The van der Waals surface area contributed by atoms with Crippen LogP contribution in [-0.2, 0) is 12.8 Å². The molecular weight excluding hydrogens is 344 g/mol. The van der Waals surface area contributed by atoms with E-state index in [4.69, 9.17) is 11.5 Å². The summed E-state index contributed by atoms with van der Waals surface area (Å²) in [5, 5.41) is 0.898. The molecule has 26 heavy (non-hydrogen) atoms. The molecule has 0 fully saturated rings. The number of aryl methyl sites for hydroxylation is 3. The van der Waals surface area contributed by atoms with Gasteiger partial charge in [0.25, 0.3) is 5.91 Å². The maximum Gasteiger partial charge on any atom is 0.260 e. The molecule has 6 heteroatoms. The fraction of sp³-hybridized carbons (Fsp3) is 0.250. The number of hydrogen-bond donors (Lipinski definition) is 2. The van der Waals surface area contributed by atoms with E-state index in [1.54, 1.807) is 0 Å². The monoisotopic (exact) mass is 366 g/mol. The first kappa shape index (κ1) is 18.1. The molecule has 0 aliphatic carbocycles. The molecule has 1 amide bonds. The summed E-state index contributed by atoms with van der Waals surface area (Å²) in [6.07, 6.45) is 1.49. The van der Waals surface area contributed by atoms with Gasteiger partial charge in [0.1, 0.15) is 10.7 Å². The Morgan fingerprint density at radius 3 is 2.35 bits per heavy atom. The fourth-order valence-corrected chi connectivity index (χ4v) is 4.09. The molecule has 0 saturated carbocycles. The van der Waals surface area contributed by atoms with Gasteiger partial charge in [-0.15, -0.1) is 11.3 Å². The van der Waals surface area contributed by atoms with E-state index in [0.29, 0.717) is 22.8 Å². The van der Waals surface area contributed by atoms with Gasteiger partial charge in [-0.1, -0.05) is 24.3 Å². The molecular formula is C20H22N4OS. The van der Waals surface area contributed by atoms with Crippen LogP contribution in [0.15, 0.2) is 30.3 Å². The van der Waals surface area contributed by atoms with Crippen molar-refractivity contribution in [1.82, 2.24) is 9.97 Å². The smallest absolute Gasteiger partial charge is 0.260 e. The van der Waals surface area contributed by atoms with Crippen LogP contribution in [0.3, 0.4) is 0 Å². The van der Waals surface area contributed by atoms with Crippen molar-refractivity contribution < 1.29 is 4.79 Å². The van der Waals surface area contributed by atoms with E-state index in [1.165, 1.54) is 22.5 Å². The van der Waals surface area contributed by atoms with E-state index in [0.717, 1.165) is 28.2 Å². The number of thiazole rings is 1. The van der Waals surface area contributed by atoms with Crippen molar-refractivity contribution in [1.29, 1.82) is 0 Å². The maximum atomic E-state index is 11.4. The summed E-state index contributed by atoms with van der Waals surface area (Å²) in [5.41, 5.74) is 17.6. The standard InChI is InChI=1S/C20H22N4OS/c1-11-7-17(21)23-12(2)16(11)9-14-5-4-6-15(8-14)10-18-24-13(3)19(26-18)20(22)25/h4-8H,9-10H2,1-3H3,(H2,21,23)(H2,22,25). The minimum atomic E-state index is -0.415. The minimum absolute atomic E-state index is 0.415. The number of benzene rings is 1. The number of anilines is 1. The van der Waals surface area contributed by atoms with E-state index in [-0.39, 0.29) is 0 Å². The number of carbonyl (C=O) groups excluding carboxylic acids is 1. The average molecular weight is 366 g/mol. The summed E-state index contributed by atoms with van der Waals surface area (Å²) in [6.45, 7) is 5.87. The molecule has 0 bridgehead atoms. The highest BCUT2D eigenvalue weighted by Gasteiger charge is 2.13. The third-order valence-corrected chi connectivity index (χ3v) is 5.54. The van der Waals surface area contributed by atoms with Crippen molar-refractivity contribution in [2.45, 2.75) is 33.6 Å². The normalized spacial score (nSPS) is 10.9. The molecule has 1 aromatic carbocycles. The second kappa shape index (κ2) is 7.25. The Bertz CT molecular complexity index is 955. The van der Waals surface area contributed by atoms with Crippen molar-refractivity contribution in [2.24, 2.45) is 5.73 Å². The predicted octanol–water partition coefficient (Wildman–Crippen LogP) is 3.33. The Balaban J connectivity index is 1.83. The molecule has 0 spiro atoms. The van der Waals surface area contributed by atoms with Crippen LogP contribution in [0, 0.1) is 20.8 Å². The molecule has 0 aliphatic heterocycles. The molecule has 0 aliphatic rings. The van der Waals surface area contributed by atoms with E-state index >= 15 is 0 Å². The van der Waals surface area contributed by atoms with Gasteiger partial charge in [-0.05, 0) is 55.5 Å². The lowest BCUT2D eigenvalue weighted by molar-refractivity contribution is 0.100. The molecule has 2 aromatic heterocycles. The molecule has 2 heterocycles. The van der Waals surface area contributed by atoms with Crippen LogP contribution in [0.2, 0.25) is 0 Å². The first-order chi connectivity index (χ1) is 12.3. The number of pyridine rings is 1. The van der Waals surface area contributed by atoms with Gasteiger partial charge in [-0.25, -0.2) is 9.97 Å². The number of carbonyl (C=O) groups is 1. The highest BCUT2D eigenvalue weighted by molar-refractivity contribution is 7.13. The van der Waals surface area contributed by atoms with Gasteiger partial charge in [0.15, 0.2) is 0 Å². The van der Waals surface area contributed by atoms with Crippen LogP contribution in [0.1, 0.15) is 48.3 Å². The average Bonchev–Trinajstić information content (AvgIpc) is 2.92. The van der Waals surface area contributed by atoms with Gasteiger partial charge in [-0.3, -0.25) is 4.79 Å². The Morgan fingerprint density at radius 1 is 1.04 bits per heavy atom. The lowest BCUT2D eigenvalue weighted by atomic mass is 9.97. The van der Waals surface area contributed by atoms with Crippen LogP contribution < -0.4 is 11.5 Å². The topological polar surface area (TPSA) is 94.9 Å². The number of nitrogens with zero attached hydrogens (tertiary/aromatic N) is 2. The van der Waals surface area contributed by atoms with E-state index in [9.17, 15) is 4.79 Å². The van der Waals surface area contributed by atoms with Crippen LogP contribution in [-0.4, -0.2) is 15.9 Å². The third-order valence-electron chi connectivity index (χ3n) is 4.37. The van der Waals surface area contributed by atoms with Crippen LogP contribution in [0.5, 0.6) is 0 Å². The van der Waals surface area contributed by atoms with Crippen LogP contribution in [0.25, 0.3) is 0 Å². The van der Waals surface area contributed by atoms with Crippen molar-refractivity contribution in [3.8, 4) is 0 Å². The molecule has 0 atom stereocenters. The molecule has 0 unspecified atom stereocenters. The number of aromatic nitrogens is 2. The van der Waals surface area contributed by atoms with Crippen molar-refractivity contribution in [3.63, 3.8) is 0 Å². The van der Waals surface area contributed by atoms with Gasteiger partial charge in [-0.2, -0.15) is 0 Å². The highest BCUT2D eigenvalue weighted by atomic mass is 32.1. The first-order valence-electron chi connectivity index (χ1n) is 8.40. The number of amides is 1. The molecule has 5 nitrogen and oxygen atoms in total. The number of nitrogens with two attached hydrogens (primary N) is 2. The second-order valence-electron chi connectivity index (χ2n) is 6.49. The highest BCUT2D eigenvalue weighted by Crippen LogP contribution is 2.23. The van der Waals surface area contributed by atoms with Crippen molar-refractivity contribution in [2.75, 3.05) is 5.73 Å². The number of hydrogen-bond acceptors (Lipinski definition) is 5.